The Hall–Kier alpha value is -2.83. The van der Waals surface area contributed by atoms with Gasteiger partial charge in [0.2, 0.25) is 0 Å². The third-order valence-corrected chi connectivity index (χ3v) is 4.75. The van der Waals surface area contributed by atoms with E-state index >= 15 is 0 Å². The smallest absolute Gasteiger partial charge is 0.269 e. The van der Waals surface area contributed by atoms with Gasteiger partial charge in [0.15, 0.2) is 0 Å². The van der Waals surface area contributed by atoms with E-state index in [-0.39, 0.29) is 12.1 Å². The van der Waals surface area contributed by atoms with Crippen molar-refractivity contribution in [1.82, 2.24) is 20.4 Å². The molecule has 7 heteroatoms. The summed E-state index contributed by atoms with van der Waals surface area (Å²) in [7, 11) is 1.63. The summed E-state index contributed by atoms with van der Waals surface area (Å²) < 4.78 is 7.03. The fraction of sp³-hybridized carbons (Fsp3) is 0.200. The largest absolute Gasteiger partial charge is 0.497 e. The summed E-state index contributed by atoms with van der Waals surface area (Å²) >= 11 is 6.05. The molecule has 1 aromatic heterocycles. The number of benzene rings is 2. The lowest BCUT2D eigenvalue weighted by Crippen LogP contribution is -2.45. The van der Waals surface area contributed by atoms with Crippen molar-refractivity contribution < 1.29 is 9.53 Å². The zero-order valence-electron chi connectivity index (χ0n) is 14.8. The summed E-state index contributed by atoms with van der Waals surface area (Å²) in [6, 6.07) is 17.1. The predicted octanol–water partition coefficient (Wildman–Crippen LogP) is 3.24. The number of methoxy groups -OCH3 is 1. The normalized spacial score (nSPS) is 15.9. The Kier molecular flexibility index (Phi) is 4.83. The number of rotatable bonds is 5. The van der Waals surface area contributed by atoms with Crippen LogP contribution < -0.4 is 15.4 Å². The summed E-state index contributed by atoms with van der Waals surface area (Å²) in [4.78, 5) is 12.3. The molecule has 0 bridgehead atoms. The summed E-state index contributed by atoms with van der Waals surface area (Å²) in [6.07, 6.45) is -0.143. The number of carbonyl (C=O) groups is 1. The van der Waals surface area contributed by atoms with Gasteiger partial charge in [0.05, 0.1) is 19.3 Å². The van der Waals surface area contributed by atoms with Crippen molar-refractivity contribution >= 4 is 17.5 Å². The van der Waals surface area contributed by atoms with E-state index in [1.165, 1.54) is 0 Å². The summed E-state index contributed by atoms with van der Waals surface area (Å²) in [5.41, 5.74) is 3.23. The summed E-state index contributed by atoms with van der Waals surface area (Å²) in [6.45, 7) is 1.08. The maximum absolute atomic E-state index is 12.3. The van der Waals surface area contributed by atoms with Gasteiger partial charge in [-0.15, -0.1) is 0 Å². The third-order valence-electron chi connectivity index (χ3n) is 4.52. The lowest BCUT2D eigenvalue weighted by Gasteiger charge is -2.25. The molecule has 1 amide bonds. The van der Waals surface area contributed by atoms with Crippen LogP contribution in [0.25, 0.3) is 11.3 Å². The highest BCUT2D eigenvalue weighted by Crippen LogP contribution is 2.26. The van der Waals surface area contributed by atoms with Gasteiger partial charge in [0.1, 0.15) is 17.6 Å². The van der Waals surface area contributed by atoms with Crippen LogP contribution in [0.15, 0.2) is 54.6 Å². The van der Waals surface area contributed by atoms with Crippen molar-refractivity contribution in [3.63, 3.8) is 0 Å². The molecular formula is C20H19ClN4O2. The molecule has 0 saturated heterocycles. The molecule has 0 spiro atoms. The Morgan fingerprint density at radius 2 is 2.11 bits per heavy atom. The van der Waals surface area contributed by atoms with E-state index in [1.54, 1.807) is 17.9 Å². The fourth-order valence-corrected chi connectivity index (χ4v) is 3.35. The van der Waals surface area contributed by atoms with E-state index in [0.29, 0.717) is 23.8 Å². The summed E-state index contributed by atoms with van der Waals surface area (Å²) in [5, 5.41) is 11.7. The maximum Gasteiger partial charge on any atom is 0.269 e. The van der Waals surface area contributed by atoms with Crippen molar-refractivity contribution in [2.75, 3.05) is 13.7 Å². The highest BCUT2D eigenvalue weighted by molar-refractivity contribution is 6.30. The lowest BCUT2D eigenvalue weighted by atomic mass is 10.1. The van der Waals surface area contributed by atoms with Crippen LogP contribution in [0.1, 0.15) is 22.2 Å². The van der Waals surface area contributed by atoms with Gasteiger partial charge >= 0.3 is 0 Å². The molecule has 0 radical (unpaired) electrons. The third kappa shape index (κ3) is 3.67. The Balaban J connectivity index is 1.60. The Bertz CT molecular complexity index is 986. The zero-order valence-corrected chi connectivity index (χ0v) is 15.5. The molecule has 2 N–H and O–H groups in total. The first-order chi connectivity index (χ1) is 13.1. The zero-order chi connectivity index (χ0) is 18.8. The van der Waals surface area contributed by atoms with E-state index < -0.39 is 0 Å². The number of amides is 1. The SMILES string of the molecule is COc1cccc(-c2cc3n(n2)C(NCc2cccc(Cl)c2)CNC3=O)c1. The topological polar surface area (TPSA) is 68.2 Å². The second kappa shape index (κ2) is 7.42. The molecule has 0 aliphatic carbocycles. The molecule has 0 saturated carbocycles. The van der Waals surface area contributed by atoms with E-state index in [0.717, 1.165) is 22.6 Å². The Labute approximate surface area is 162 Å². The number of hydrogen-bond donors (Lipinski definition) is 2. The second-order valence-electron chi connectivity index (χ2n) is 6.33. The number of carbonyl (C=O) groups excluding carboxylic acids is 1. The molecule has 138 valence electrons. The van der Waals surface area contributed by atoms with Crippen LogP contribution in [0.3, 0.4) is 0 Å². The molecule has 1 atom stereocenters. The van der Waals surface area contributed by atoms with Crippen LogP contribution in [0, 0.1) is 0 Å². The van der Waals surface area contributed by atoms with Gasteiger partial charge in [-0.05, 0) is 35.9 Å². The molecule has 1 aliphatic rings. The van der Waals surface area contributed by atoms with E-state index in [9.17, 15) is 4.79 Å². The van der Waals surface area contributed by atoms with Crippen molar-refractivity contribution in [3.05, 3.63) is 70.9 Å². The number of fused-ring (bicyclic) bond motifs is 1. The van der Waals surface area contributed by atoms with Gasteiger partial charge in [-0.2, -0.15) is 5.10 Å². The van der Waals surface area contributed by atoms with Gasteiger partial charge < -0.3 is 10.1 Å². The van der Waals surface area contributed by atoms with Crippen LogP contribution in [-0.4, -0.2) is 29.3 Å². The highest BCUT2D eigenvalue weighted by atomic mass is 35.5. The molecule has 2 heterocycles. The van der Waals surface area contributed by atoms with Crippen LogP contribution in [0.2, 0.25) is 5.02 Å². The number of nitrogens with one attached hydrogen (secondary N) is 2. The van der Waals surface area contributed by atoms with Crippen LogP contribution in [-0.2, 0) is 6.54 Å². The minimum Gasteiger partial charge on any atom is -0.497 e. The number of aromatic nitrogens is 2. The van der Waals surface area contributed by atoms with Crippen LogP contribution in [0.5, 0.6) is 5.75 Å². The second-order valence-corrected chi connectivity index (χ2v) is 6.76. The Morgan fingerprint density at radius 1 is 1.26 bits per heavy atom. The maximum atomic E-state index is 12.3. The average Bonchev–Trinajstić information content (AvgIpc) is 3.14. The van der Waals surface area contributed by atoms with E-state index in [4.69, 9.17) is 16.3 Å². The fourth-order valence-electron chi connectivity index (χ4n) is 3.13. The van der Waals surface area contributed by atoms with Gasteiger partial charge in [0, 0.05) is 17.1 Å². The molecular weight excluding hydrogens is 364 g/mol. The monoisotopic (exact) mass is 382 g/mol. The quantitative estimate of drug-likeness (QED) is 0.710. The highest BCUT2D eigenvalue weighted by Gasteiger charge is 2.27. The van der Waals surface area contributed by atoms with E-state index in [2.05, 4.69) is 15.7 Å². The van der Waals surface area contributed by atoms with Crippen molar-refractivity contribution in [1.29, 1.82) is 0 Å². The van der Waals surface area contributed by atoms with Gasteiger partial charge in [-0.25, -0.2) is 4.68 Å². The van der Waals surface area contributed by atoms with Crippen LogP contribution in [0.4, 0.5) is 0 Å². The van der Waals surface area contributed by atoms with Gasteiger partial charge in [-0.1, -0.05) is 35.9 Å². The molecule has 27 heavy (non-hydrogen) atoms. The molecule has 2 aromatic carbocycles. The first-order valence-corrected chi connectivity index (χ1v) is 9.02. The van der Waals surface area contributed by atoms with Crippen LogP contribution >= 0.6 is 11.6 Å². The molecule has 1 unspecified atom stereocenters. The number of ether oxygens (including phenoxy) is 1. The first-order valence-electron chi connectivity index (χ1n) is 8.64. The first kappa shape index (κ1) is 17.6. The molecule has 3 aromatic rings. The summed E-state index contributed by atoms with van der Waals surface area (Å²) in [5.74, 6) is 0.621. The lowest BCUT2D eigenvalue weighted by molar-refractivity contribution is 0.0900. The predicted molar refractivity (Wildman–Crippen MR) is 104 cm³/mol. The number of hydrogen-bond acceptors (Lipinski definition) is 4. The average molecular weight is 383 g/mol. The minimum absolute atomic E-state index is 0.127. The van der Waals surface area contributed by atoms with Gasteiger partial charge in [0.25, 0.3) is 5.91 Å². The molecule has 6 nitrogen and oxygen atoms in total. The molecule has 1 aliphatic heterocycles. The van der Waals surface area contributed by atoms with Gasteiger partial charge in [-0.3, -0.25) is 10.1 Å². The van der Waals surface area contributed by atoms with Crippen molar-refractivity contribution in [3.8, 4) is 17.0 Å². The molecule has 4 rings (SSSR count). The molecule has 0 fully saturated rings. The van der Waals surface area contributed by atoms with Crippen molar-refractivity contribution in [2.45, 2.75) is 12.7 Å². The number of nitrogens with zero attached hydrogens (tertiary/aromatic N) is 2. The minimum atomic E-state index is -0.143. The Morgan fingerprint density at radius 3 is 2.93 bits per heavy atom. The number of halogens is 1. The standard InChI is InChI=1S/C20H19ClN4O2/c1-27-16-7-3-5-14(9-16)17-10-18-20(26)23-12-19(25(18)24-17)22-11-13-4-2-6-15(21)8-13/h2-10,19,22H,11-12H2,1H3,(H,23,26). The van der Waals surface area contributed by atoms with Crippen molar-refractivity contribution in [2.24, 2.45) is 0 Å². The van der Waals surface area contributed by atoms with E-state index in [1.807, 2.05) is 48.5 Å².